The molecule has 0 aliphatic rings. The summed E-state index contributed by atoms with van der Waals surface area (Å²) in [6.07, 6.45) is 3.88. The quantitative estimate of drug-likeness (QED) is 0.609. The third-order valence-corrected chi connectivity index (χ3v) is 3.14. The minimum Gasteiger partial charge on any atom is -0.290 e. The van der Waals surface area contributed by atoms with Crippen molar-refractivity contribution in [2.24, 2.45) is 0 Å². The van der Waals surface area contributed by atoms with Gasteiger partial charge in [-0.3, -0.25) is 14.5 Å². The number of imidazole rings is 1. The molecule has 0 aliphatic carbocycles. The summed E-state index contributed by atoms with van der Waals surface area (Å²) in [6.45, 7) is 3.63. The molecule has 2 aromatic heterocycles. The van der Waals surface area contributed by atoms with Gasteiger partial charge < -0.3 is 0 Å². The highest BCUT2D eigenvalue weighted by atomic mass is 32.1. The Morgan fingerprint density at radius 1 is 1.75 bits per heavy atom. The average molecular weight is 237 g/mol. The Hall–Kier alpha value is -1.69. The van der Waals surface area contributed by atoms with Crippen molar-refractivity contribution >= 4 is 22.4 Å². The summed E-state index contributed by atoms with van der Waals surface area (Å²) in [5.74, 6) is 0. The number of nitrogens with zero attached hydrogens (tertiary/aromatic N) is 3. The molecular formula is C10H11N3O2S. The Bertz CT molecular complexity index is 568. The van der Waals surface area contributed by atoms with Crippen molar-refractivity contribution in [3.8, 4) is 0 Å². The van der Waals surface area contributed by atoms with E-state index in [0.717, 1.165) is 16.3 Å². The number of thiazole rings is 1. The van der Waals surface area contributed by atoms with Gasteiger partial charge in [0.25, 0.3) is 0 Å². The fraction of sp³-hybridized carbons (Fsp3) is 0.300. The normalized spacial score (nSPS) is 12.2. The van der Waals surface area contributed by atoms with Crippen molar-refractivity contribution in [2.75, 3.05) is 0 Å². The van der Waals surface area contributed by atoms with E-state index < -0.39 is 0 Å². The van der Waals surface area contributed by atoms with Crippen LogP contribution in [0.5, 0.6) is 0 Å². The Morgan fingerprint density at radius 2 is 2.50 bits per heavy atom. The molecule has 2 heterocycles. The molecule has 84 valence electrons. The number of hydrogen-bond acceptors (Lipinski definition) is 4. The predicted octanol–water partition coefficient (Wildman–Crippen LogP) is 2.73. The molecule has 0 saturated carbocycles. The van der Waals surface area contributed by atoms with Gasteiger partial charge in [0.05, 0.1) is 16.3 Å². The molecule has 0 aromatic carbocycles. The summed E-state index contributed by atoms with van der Waals surface area (Å²) in [5.41, 5.74) is 1.82. The van der Waals surface area contributed by atoms with Crippen LogP contribution < -0.4 is 0 Å². The number of allylic oxidation sites excluding steroid dienone is 1. The van der Waals surface area contributed by atoms with Gasteiger partial charge >= 0.3 is 0 Å². The van der Waals surface area contributed by atoms with Gasteiger partial charge in [0, 0.05) is 24.1 Å². The molecule has 0 fully saturated rings. The third-order valence-electron chi connectivity index (χ3n) is 2.38. The molecule has 5 nitrogen and oxygen atoms in total. The van der Waals surface area contributed by atoms with Crippen molar-refractivity contribution in [3.05, 3.63) is 38.8 Å². The van der Waals surface area contributed by atoms with Gasteiger partial charge in [0.15, 0.2) is 4.96 Å². The van der Waals surface area contributed by atoms with E-state index in [1.807, 2.05) is 22.9 Å². The second-order valence-electron chi connectivity index (χ2n) is 3.38. The zero-order chi connectivity index (χ0) is 11.7. The number of fused-ring (bicyclic) bond motifs is 1. The van der Waals surface area contributed by atoms with Crippen LogP contribution in [0.1, 0.15) is 24.7 Å². The van der Waals surface area contributed by atoms with Gasteiger partial charge in [-0.25, -0.2) is 4.98 Å². The first-order valence-electron chi connectivity index (χ1n) is 4.90. The Balaban J connectivity index is 2.57. The van der Waals surface area contributed by atoms with Gasteiger partial charge in [0.1, 0.15) is 0 Å². The maximum Gasteiger partial charge on any atom is 0.248 e. The van der Waals surface area contributed by atoms with E-state index in [9.17, 15) is 10.1 Å². The van der Waals surface area contributed by atoms with Crippen molar-refractivity contribution in [1.29, 1.82) is 0 Å². The van der Waals surface area contributed by atoms with Gasteiger partial charge in [-0.2, -0.15) is 0 Å². The van der Waals surface area contributed by atoms with E-state index in [1.54, 1.807) is 13.0 Å². The highest BCUT2D eigenvalue weighted by molar-refractivity contribution is 7.15. The second-order valence-corrected chi connectivity index (χ2v) is 4.26. The first-order valence-corrected chi connectivity index (χ1v) is 5.78. The molecule has 0 aliphatic heterocycles. The molecule has 0 saturated heterocycles. The van der Waals surface area contributed by atoms with Gasteiger partial charge in [-0.1, -0.05) is 6.92 Å². The first-order chi connectivity index (χ1) is 7.63. The third kappa shape index (κ3) is 1.71. The molecule has 0 N–H and O–H groups in total. The average Bonchev–Trinajstić information content (AvgIpc) is 2.75. The van der Waals surface area contributed by atoms with Crippen molar-refractivity contribution in [3.63, 3.8) is 0 Å². The van der Waals surface area contributed by atoms with Crippen molar-refractivity contribution in [1.82, 2.24) is 9.38 Å². The van der Waals surface area contributed by atoms with Crippen molar-refractivity contribution in [2.45, 2.75) is 20.3 Å². The minimum absolute atomic E-state index is 0.205. The summed E-state index contributed by atoms with van der Waals surface area (Å²) in [7, 11) is 0. The monoisotopic (exact) mass is 237 g/mol. The summed E-state index contributed by atoms with van der Waals surface area (Å²) in [6, 6.07) is 0. The highest BCUT2D eigenvalue weighted by Gasteiger charge is 2.13. The van der Waals surface area contributed by atoms with E-state index in [1.165, 1.54) is 11.3 Å². The number of hydrogen-bond donors (Lipinski definition) is 0. The van der Waals surface area contributed by atoms with Crippen LogP contribution in [-0.2, 0) is 0 Å². The van der Waals surface area contributed by atoms with Crippen LogP contribution in [0.2, 0.25) is 0 Å². The van der Waals surface area contributed by atoms with E-state index in [-0.39, 0.29) is 10.6 Å². The molecule has 0 amide bonds. The number of aromatic nitrogens is 2. The molecule has 2 rings (SSSR count). The van der Waals surface area contributed by atoms with E-state index in [2.05, 4.69) is 4.98 Å². The number of nitro groups is 1. The van der Waals surface area contributed by atoms with Crippen molar-refractivity contribution < 1.29 is 4.92 Å². The lowest BCUT2D eigenvalue weighted by Crippen LogP contribution is -1.98. The second kappa shape index (κ2) is 4.05. The summed E-state index contributed by atoms with van der Waals surface area (Å²) < 4.78 is 1.87. The molecule has 6 heteroatoms. The lowest BCUT2D eigenvalue weighted by atomic mass is 10.2. The SMILES string of the molecule is CCC(=Cc1c(C)nc2sccn12)[N+](=O)[O-]. The Kier molecular flexibility index (Phi) is 2.74. The highest BCUT2D eigenvalue weighted by Crippen LogP contribution is 2.20. The minimum atomic E-state index is -0.342. The van der Waals surface area contributed by atoms with E-state index in [4.69, 9.17) is 0 Å². The maximum absolute atomic E-state index is 10.8. The van der Waals surface area contributed by atoms with Crippen LogP contribution in [-0.4, -0.2) is 14.3 Å². The van der Waals surface area contributed by atoms with Crippen LogP contribution in [0.25, 0.3) is 11.0 Å². The summed E-state index contributed by atoms with van der Waals surface area (Å²) in [4.78, 5) is 15.6. The fourth-order valence-electron chi connectivity index (χ4n) is 1.53. The largest absolute Gasteiger partial charge is 0.290 e. The number of aryl methyl sites for hydroxylation is 1. The van der Waals surface area contributed by atoms with Crippen LogP contribution >= 0.6 is 11.3 Å². The van der Waals surface area contributed by atoms with E-state index in [0.29, 0.717) is 6.42 Å². The van der Waals surface area contributed by atoms with Crippen LogP contribution in [0, 0.1) is 17.0 Å². The van der Waals surface area contributed by atoms with E-state index >= 15 is 0 Å². The molecule has 0 unspecified atom stereocenters. The fourth-order valence-corrected chi connectivity index (χ4v) is 2.29. The lowest BCUT2D eigenvalue weighted by Gasteiger charge is -1.95. The molecule has 0 radical (unpaired) electrons. The van der Waals surface area contributed by atoms with Gasteiger partial charge in [-0.05, 0) is 6.92 Å². The molecule has 16 heavy (non-hydrogen) atoms. The molecule has 0 spiro atoms. The smallest absolute Gasteiger partial charge is 0.248 e. The van der Waals surface area contributed by atoms with Gasteiger partial charge in [0.2, 0.25) is 5.70 Å². The van der Waals surface area contributed by atoms with Crippen LogP contribution in [0.4, 0.5) is 0 Å². The van der Waals surface area contributed by atoms with Crippen LogP contribution in [0.3, 0.4) is 0 Å². The lowest BCUT2D eigenvalue weighted by molar-refractivity contribution is -0.425. The number of rotatable bonds is 3. The molecule has 0 bridgehead atoms. The zero-order valence-corrected chi connectivity index (χ0v) is 9.82. The van der Waals surface area contributed by atoms with Gasteiger partial charge in [-0.15, -0.1) is 11.3 Å². The summed E-state index contributed by atoms with van der Waals surface area (Å²) in [5, 5.41) is 12.7. The topological polar surface area (TPSA) is 60.4 Å². The molecule has 0 atom stereocenters. The summed E-state index contributed by atoms with van der Waals surface area (Å²) >= 11 is 1.52. The molecular weight excluding hydrogens is 226 g/mol. The molecule has 2 aromatic rings. The first kappa shape index (κ1) is 10.8. The maximum atomic E-state index is 10.8. The Morgan fingerprint density at radius 3 is 3.12 bits per heavy atom. The standard InChI is InChI=1S/C10H11N3O2S/c1-3-8(13(14)15)6-9-7(2)11-10-12(9)4-5-16-10/h4-6H,3H2,1-2H3. The predicted molar refractivity (Wildman–Crippen MR) is 63.1 cm³/mol. The van der Waals surface area contributed by atoms with Crippen LogP contribution in [0.15, 0.2) is 17.3 Å². The zero-order valence-electron chi connectivity index (χ0n) is 9.01. The Labute approximate surface area is 96.2 Å².